The Balaban J connectivity index is 1.71. The summed E-state index contributed by atoms with van der Waals surface area (Å²) < 4.78 is 25.1. The topological polar surface area (TPSA) is 67.5 Å². The minimum absolute atomic E-state index is 0.00845. The summed E-state index contributed by atoms with van der Waals surface area (Å²) in [6.45, 7) is 3.66. The molecular weight excluding hydrogens is 397 g/mol. The number of hydrogen-bond acceptors (Lipinski definition) is 5. The first-order valence-corrected chi connectivity index (χ1v) is 10.2. The summed E-state index contributed by atoms with van der Waals surface area (Å²) in [6, 6.07) is 14.3. The predicted molar refractivity (Wildman–Crippen MR) is 116 cm³/mol. The molecule has 1 aliphatic heterocycles. The monoisotopic (exact) mass is 423 g/mol. The van der Waals surface area contributed by atoms with Crippen LogP contribution in [0.5, 0.6) is 11.5 Å². The van der Waals surface area contributed by atoms with Gasteiger partial charge in [-0.05, 0) is 30.7 Å². The van der Waals surface area contributed by atoms with E-state index in [-0.39, 0.29) is 23.2 Å². The van der Waals surface area contributed by atoms with E-state index in [0.29, 0.717) is 42.5 Å². The molecule has 2 atom stereocenters. The highest BCUT2D eigenvalue weighted by molar-refractivity contribution is 5.45. The van der Waals surface area contributed by atoms with Crippen LogP contribution in [0.4, 0.5) is 4.39 Å². The molecule has 7 heteroatoms. The molecule has 1 N–H and O–H groups in total. The van der Waals surface area contributed by atoms with Crippen molar-refractivity contribution >= 4 is 0 Å². The molecule has 6 nitrogen and oxygen atoms in total. The van der Waals surface area contributed by atoms with Crippen molar-refractivity contribution < 1.29 is 13.9 Å². The Bertz CT molecular complexity index is 1130. The average molecular weight is 423 g/mol. The normalized spacial score (nSPS) is 18.8. The molecule has 2 aromatic carbocycles. The van der Waals surface area contributed by atoms with E-state index in [4.69, 9.17) is 9.47 Å². The van der Waals surface area contributed by atoms with Gasteiger partial charge in [0.1, 0.15) is 11.6 Å². The number of H-pyrrole nitrogens is 1. The Labute approximate surface area is 180 Å². The average Bonchev–Trinajstić information content (AvgIpc) is 3.18. The lowest BCUT2D eigenvalue weighted by atomic mass is 9.86. The quantitative estimate of drug-likeness (QED) is 0.656. The van der Waals surface area contributed by atoms with Crippen LogP contribution in [0, 0.1) is 12.7 Å². The van der Waals surface area contributed by atoms with Crippen molar-refractivity contribution in [3.05, 3.63) is 87.3 Å². The highest BCUT2D eigenvalue weighted by Crippen LogP contribution is 2.41. The first-order chi connectivity index (χ1) is 15.0. The van der Waals surface area contributed by atoms with Crippen LogP contribution in [0.25, 0.3) is 0 Å². The minimum atomic E-state index is -0.209. The van der Waals surface area contributed by atoms with Gasteiger partial charge in [0.25, 0.3) is 5.56 Å². The molecule has 0 amide bonds. The number of benzene rings is 2. The zero-order valence-electron chi connectivity index (χ0n) is 17.9. The standard InChI is InChI=1S/C24H26FN3O3/c1-15-26-21(11-24(29)27-15)19-14-28(12-17-6-4-5-7-20(17)25)13-18(19)16-8-9-22(30-2)23(10-16)31-3/h4-11,18-19H,12-14H2,1-3H3,(H,26,27,29)/t18-,19+/m0/s1. The summed E-state index contributed by atoms with van der Waals surface area (Å²) in [4.78, 5) is 21.7. The van der Waals surface area contributed by atoms with Crippen molar-refractivity contribution in [1.82, 2.24) is 14.9 Å². The van der Waals surface area contributed by atoms with Crippen molar-refractivity contribution in [3.8, 4) is 11.5 Å². The molecule has 3 aromatic rings. The van der Waals surface area contributed by atoms with Gasteiger partial charge in [-0.15, -0.1) is 0 Å². The minimum Gasteiger partial charge on any atom is -0.493 e. The van der Waals surface area contributed by atoms with E-state index in [9.17, 15) is 9.18 Å². The molecule has 1 saturated heterocycles. The van der Waals surface area contributed by atoms with E-state index < -0.39 is 0 Å². The molecule has 4 rings (SSSR count). The van der Waals surface area contributed by atoms with Crippen LogP contribution in [0.1, 0.15) is 34.5 Å². The van der Waals surface area contributed by atoms with E-state index in [1.165, 1.54) is 6.07 Å². The highest BCUT2D eigenvalue weighted by atomic mass is 19.1. The van der Waals surface area contributed by atoms with Gasteiger partial charge in [0.05, 0.1) is 19.9 Å². The molecule has 0 unspecified atom stereocenters. The first-order valence-electron chi connectivity index (χ1n) is 10.2. The number of halogens is 1. The SMILES string of the molecule is COc1ccc([C@@H]2CN(Cc3ccccc3F)C[C@H]2c2cc(=O)[nH]c(C)n2)cc1OC. The van der Waals surface area contributed by atoms with Crippen LogP contribution in [-0.2, 0) is 6.54 Å². The molecule has 1 fully saturated rings. The van der Waals surface area contributed by atoms with Crippen LogP contribution < -0.4 is 15.0 Å². The zero-order valence-corrected chi connectivity index (χ0v) is 17.9. The number of aromatic nitrogens is 2. The van der Waals surface area contributed by atoms with Crippen LogP contribution in [-0.4, -0.2) is 42.2 Å². The second-order valence-electron chi connectivity index (χ2n) is 7.87. The highest BCUT2D eigenvalue weighted by Gasteiger charge is 2.36. The summed E-state index contributed by atoms with van der Waals surface area (Å²) in [6.07, 6.45) is 0. The predicted octanol–water partition coefficient (Wildman–Crippen LogP) is 3.62. The van der Waals surface area contributed by atoms with Crippen molar-refractivity contribution in [2.45, 2.75) is 25.3 Å². The molecule has 162 valence electrons. The maximum absolute atomic E-state index is 14.3. The van der Waals surface area contributed by atoms with E-state index in [2.05, 4.69) is 14.9 Å². The van der Waals surface area contributed by atoms with Gasteiger partial charge in [0.15, 0.2) is 11.5 Å². The maximum Gasteiger partial charge on any atom is 0.251 e. The van der Waals surface area contributed by atoms with E-state index in [1.54, 1.807) is 33.3 Å². The van der Waals surface area contributed by atoms with Crippen LogP contribution in [0.2, 0.25) is 0 Å². The molecule has 0 saturated carbocycles. The summed E-state index contributed by atoms with van der Waals surface area (Å²) >= 11 is 0. The summed E-state index contributed by atoms with van der Waals surface area (Å²) in [5, 5.41) is 0. The number of aromatic amines is 1. The van der Waals surface area contributed by atoms with Crippen molar-refractivity contribution in [2.75, 3.05) is 27.3 Å². The lowest BCUT2D eigenvalue weighted by Crippen LogP contribution is -2.21. The van der Waals surface area contributed by atoms with Gasteiger partial charge in [-0.2, -0.15) is 0 Å². The van der Waals surface area contributed by atoms with Gasteiger partial charge in [-0.1, -0.05) is 24.3 Å². The van der Waals surface area contributed by atoms with Gasteiger partial charge < -0.3 is 14.5 Å². The van der Waals surface area contributed by atoms with Gasteiger partial charge in [0.2, 0.25) is 0 Å². The van der Waals surface area contributed by atoms with Crippen molar-refractivity contribution in [2.24, 2.45) is 0 Å². The van der Waals surface area contributed by atoms with Gasteiger partial charge in [0, 0.05) is 43.1 Å². The maximum atomic E-state index is 14.3. The summed E-state index contributed by atoms with van der Waals surface area (Å²) in [7, 11) is 3.22. The fraction of sp³-hybridized carbons (Fsp3) is 0.333. The number of ether oxygens (including phenoxy) is 2. The van der Waals surface area contributed by atoms with Gasteiger partial charge in [-0.3, -0.25) is 9.69 Å². The Morgan fingerprint density at radius 1 is 1.06 bits per heavy atom. The Hall–Kier alpha value is -3.19. The smallest absolute Gasteiger partial charge is 0.251 e. The third-order valence-electron chi connectivity index (χ3n) is 5.84. The van der Waals surface area contributed by atoms with Gasteiger partial charge in [-0.25, -0.2) is 9.37 Å². The molecule has 1 aliphatic rings. The van der Waals surface area contributed by atoms with Crippen LogP contribution >= 0.6 is 0 Å². The lowest BCUT2D eigenvalue weighted by Gasteiger charge is -2.20. The summed E-state index contributed by atoms with van der Waals surface area (Å²) in [5.41, 5.74) is 2.31. The second kappa shape index (κ2) is 8.89. The summed E-state index contributed by atoms with van der Waals surface area (Å²) in [5.74, 6) is 1.75. The molecule has 2 heterocycles. The number of hydrogen-bond donors (Lipinski definition) is 1. The molecular formula is C24H26FN3O3. The fourth-order valence-corrected chi connectivity index (χ4v) is 4.40. The molecule has 31 heavy (non-hydrogen) atoms. The molecule has 0 spiro atoms. The lowest BCUT2D eigenvalue weighted by molar-refractivity contribution is 0.317. The van der Waals surface area contributed by atoms with E-state index in [1.807, 2.05) is 30.3 Å². The van der Waals surface area contributed by atoms with E-state index in [0.717, 1.165) is 11.3 Å². The molecule has 0 bridgehead atoms. The number of methoxy groups -OCH3 is 2. The third kappa shape index (κ3) is 4.46. The van der Waals surface area contributed by atoms with Gasteiger partial charge >= 0.3 is 0 Å². The van der Waals surface area contributed by atoms with Crippen molar-refractivity contribution in [3.63, 3.8) is 0 Å². The largest absolute Gasteiger partial charge is 0.493 e. The Morgan fingerprint density at radius 3 is 2.52 bits per heavy atom. The van der Waals surface area contributed by atoms with Crippen molar-refractivity contribution in [1.29, 1.82) is 0 Å². The van der Waals surface area contributed by atoms with Crippen LogP contribution in [0.15, 0.2) is 53.3 Å². The fourth-order valence-electron chi connectivity index (χ4n) is 4.40. The number of rotatable bonds is 6. The Kier molecular flexibility index (Phi) is 6.04. The van der Waals surface area contributed by atoms with Crippen LogP contribution in [0.3, 0.4) is 0 Å². The zero-order chi connectivity index (χ0) is 22.0. The van der Waals surface area contributed by atoms with E-state index >= 15 is 0 Å². The molecule has 0 aliphatic carbocycles. The number of nitrogens with zero attached hydrogens (tertiary/aromatic N) is 2. The number of aryl methyl sites for hydroxylation is 1. The number of likely N-dealkylation sites (tertiary alicyclic amines) is 1. The first kappa shape index (κ1) is 21.1. The Morgan fingerprint density at radius 2 is 1.81 bits per heavy atom. The second-order valence-corrected chi connectivity index (χ2v) is 7.87. The third-order valence-corrected chi connectivity index (χ3v) is 5.84. The molecule has 0 radical (unpaired) electrons. The number of nitrogens with one attached hydrogen (secondary N) is 1. The molecule has 1 aromatic heterocycles.